The van der Waals surface area contributed by atoms with Gasteiger partial charge in [0.15, 0.2) is 5.11 Å². The highest BCUT2D eigenvalue weighted by molar-refractivity contribution is 7.80. The van der Waals surface area contributed by atoms with Crippen LogP contribution in [0.15, 0.2) is 24.3 Å². The number of thiocarbonyl (C=S) groups is 1. The van der Waals surface area contributed by atoms with E-state index in [1.807, 2.05) is 0 Å². The summed E-state index contributed by atoms with van der Waals surface area (Å²) in [5.41, 5.74) is 0.805. The number of hydrogen-bond acceptors (Lipinski definition) is 1. The first-order chi connectivity index (χ1) is 8.72. The molecule has 1 aromatic rings. The summed E-state index contributed by atoms with van der Waals surface area (Å²) in [7, 11) is 0. The lowest BCUT2D eigenvalue weighted by Gasteiger charge is -2.10. The highest BCUT2D eigenvalue weighted by Gasteiger charge is 1.97. The molecule has 0 spiro atoms. The summed E-state index contributed by atoms with van der Waals surface area (Å²) in [5.74, 6) is -0.240. The smallest absolute Gasteiger partial charge is 0.170 e. The summed E-state index contributed by atoms with van der Waals surface area (Å²) < 4.78 is 12.7. The molecule has 0 aliphatic heterocycles. The summed E-state index contributed by atoms with van der Waals surface area (Å²) >= 11 is 5.15. The van der Waals surface area contributed by atoms with Crippen molar-refractivity contribution in [3.05, 3.63) is 30.1 Å². The molecular formula is C14H21FN2S. The molecule has 0 aliphatic rings. The van der Waals surface area contributed by atoms with Crippen LogP contribution in [0, 0.1) is 5.82 Å². The summed E-state index contributed by atoms with van der Waals surface area (Å²) in [5, 5.41) is 6.77. The second-order valence-electron chi connectivity index (χ2n) is 4.30. The van der Waals surface area contributed by atoms with Gasteiger partial charge in [0.1, 0.15) is 5.82 Å². The van der Waals surface area contributed by atoms with Crippen LogP contribution in [-0.2, 0) is 0 Å². The van der Waals surface area contributed by atoms with Crippen LogP contribution in [0.5, 0.6) is 0 Å². The van der Waals surface area contributed by atoms with Crippen LogP contribution >= 0.6 is 12.2 Å². The van der Waals surface area contributed by atoms with Crippen LogP contribution in [0.2, 0.25) is 0 Å². The van der Waals surface area contributed by atoms with Gasteiger partial charge in [-0.1, -0.05) is 32.6 Å². The van der Waals surface area contributed by atoms with Crippen LogP contribution < -0.4 is 10.6 Å². The summed E-state index contributed by atoms with van der Waals surface area (Å²) in [6.07, 6.45) is 6.22. The first-order valence-electron chi connectivity index (χ1n) is 6.53. The molecule has 0 amide bonds. The lowest BCUT2D eigenvalue weighted by molar-refractivity contribution is 0.625. The molecule has 0 fully saturated rings. The number of benzene rings is 1. The van der Waals surface area contributed by atoms with E-state index < -0.39 is 0 Å². The second-order valence-corrected chi connectivity index (χ2v) is 4.71. The Hall–Kier alpha value is -1.16. The van der Waals surface area contributed by atoms with Crippen molar-refractivity contribution in [1.29, 1.82) is 0 Å². The summed E-state index contributed by atoms with van der Waals surface area (Å²) in [6, 6.07) is 6.17. The molecule has 100 valence electrons. The monoisotopic (exact) mass is 268 g/mol. The normalized spacial score (nSPS) is 10.1. The van der Waals surface area contributed by atoms with Crippen molar-refractivity contribution in [3.63, 3.8) is 0 Å². The van der Waals surface area contributed by atoms with E-state index in [0.717, 1.165) is 18.7 Å². The van der Waals surface area contributed by atoms with Gasteiger partial charge < -0.3 is 10.6 Å². The van der Waals surface area contributed by atoms with Gasteiger partial charge in [0, 0.05) is 12.2 Å². The third kappa shape index (κ3) is 6.55. The Morgan fingerprint density at radius 3 is 2.44 bits per heavy atom. The first kappa shape index (κ1) is 14.9. The largest absolute Gasteiger partial charge is 0.362 e. The lowest BCUT2D eigenvalue weighted by Crippen LogP contribution is -2.29. The van der Waals surface area contributed by atoms with Crippen LogP contribution in [0.25, 0.3) is 0 Å². The topological polar surface area (TPSA) is 24.1 Å². The summed E-state index contributed by atoms with van der Waals surface area (Å²) in [6.45, 7) is 3.09. The van der Waals surface area contributed by atoms with Crippen molar-refractivity contribution in [1.82, 2.24) is 5.32 Å². The van der Waals surface area contributed by atoms with E-state index in [2.05, 4.69) is 17.6 Å². The fraction of sp³-hybridized carbons (Fsp3) is 0.500. The Labute approximate surface area is 114 Å². The molecule has 0 heterocycles. The van der Waals surface area contributed by atoms with Crippen molar-refractivity contribution < 1.29 is 4.39 Å². The van der Waals surface area contributed by atoms with Gasteiger partial charge in [-0.2, -0.15) is 0 Å². The second kappa shape index (κ2) is 8.86. The standard InChI is InChI=1S/C14H21FN2S/c1-2-3-4-5-6-11-16-14(18)17-13-9-7-12(15)8-10-13/h7-10H,2-6,11H2,1H3,(H2,16,17,18). The van der Waals surface area contributed by atoms with Crippen molar-refractivity contribution >= 4 is 23.0 Å². The number of nitrogens with one attached hydrogen (secondary N) is 2. The van der Waals surface area contributed by atoms with Gasteiger partial charge in [0.2, 0.25) is 0 Å². The van der Waals surface area contributed by atoms with Gasteiger partial charge in [0.05, 0.1) is 0 Å². The number of halogens is 1. The van der Waals surface area contributed by atoms with E-state index in [1.54, 1.807) is 12.1 Å². The minimum absolute atomic E-state index is 0.240. The fourth-order valence-electron chi connectivity index (χ4n) is 1.64. The van der Waals surface area contributed by atoms with Crippen molar-refractivity contribution in [3.8, 4) is 0 Å². The zero-order valence-electron chi connectivity index (χ0n) is 10.8. The predicted octanol–water partition coefficient (Wildman–Crippen LogP) is 4.08. The third-order valence-corrected chi connectivity index (χ3v) is 2.91. The Balaban J connectivity index is 2.12. The molecule has 2 N–H and O–H groups in total. The van der Waals surface area contributed by atoms with E-state index in [-0.39, 0.29) is 5.82 Å². The van der Waals surface area contributed by atoms with Crippen LogP contribution in [0.1, 0.15) is 39.0 Å². The maximum absolute atomic E-state index is 12.7. The maximum atomic E-state index is 12.7. The average Bonchev–Trinajstić information content (AvgIpc) is 2.36. The van der Waals surface area contributed by atoms with Crippen molar-refractivity contribution in [2.75, 3.05) is 11.9 Å². The van der Waals surface area contributed by atoms with Gasteiger partial charge in [-0.15, -0.1) is 0 Å². The molecule has 0 unspecified atom stereocenters. The third-order valence-electron chi connectivity index (χ3n) is 2.67. The molecule has 0 atom stereocenters. The van der Waals surface area contributed by atoms with Crippen molar-refractivity contribution in [2.45, 2.75) is 39.0 Å². The maximum Gasteiger partial charge on any atom is 0.170 e. The van der Waals surface area contributed by atoms with Gasteiger partial charge in [0.25, 0.3) is 0 Å². The highest BCUT2D eigenvalue weighted by Crippen LogP contribution is 2.07. The van der Waals surface area contributed by atoms with Gasteiger partial charge >= 0.3 is 0 Å². The Bertz CT molecular complexity index is 351. The molecule has 2 nitrogen and oxygen atoms in total. The van der Waals surface area contributed by atoms with E-state index in [0.29, 0.717) is 5.11 Å². The van der Waals surface area contributed by atoms with Crippen molar-refractivity contribution in [2.24, 2.45) is 0 Å². The Morgan fingerprint density at radius 1 is 1.11 bits per heavy atom. The van der Waals surface area contributed by atoms with Gasteiger partial charge in [-0.3, -0.25) is 0 Å². The minimum atomic E-state index is -0.240. The number of rotatable bonds is 7. The number of unbranched alkanes of at least 4 members (excludes halogenated alkanes) is 4. The zero-order chi connectivity index (χ0) is 13.2. The van der Waals surface area contributed by atoms with E-state index >= 15 is 0 Å². The van der Waals surface area contributed by atoms with Crippen LogP contribution in [-0.4, -0.2) is 11.7 Å². The molecule has 4 heteroatoms. The molecule has 1 rings (SSSR count). The van der Waals surface area contributed by atoms with Crippen LogP contribution in [0.3, 0.4) is 0 Å². The average molecular weight is 268 g/mol. The molecule has 0 aromatic heterocycles. The molecule has 1 aromatic carbocycles. The Kier molecular flexibility index (Phi) is 7.34. The number of hydrogen-bond donors (Lipinski definition) is 2. The Morgan fingerprint density at radius 2 is 1.78 bits per heavy atom. The highest BCUT2D eigenvalue weighted by atomic mass is 32.1. The van der Waals surface area contributed by atoms with E-state index in [1.165, 1.54) is 37.8 Å². The lowest BCUT2D eigenvalue weighted by atomic mass is 10.1. The van der Waals surface area contributed by atoms with E-state index in [4.69, 9.17) is 12.2 Å². The SMILES string of the molecule is CCCCCCCNC(=S)Nc1ccc(F)cc1. The molecule has 0 saturated heterocycles. The van der Waals surface area contributed by atoms with Gasteiger partial charge in [-0.25, -0.2) is 4.39 Å². The zero-order valence-corrected chi connectivity index (χ0v) is 11.7. The fourth-order valence-corrected chi connectivity index (χ4v) is 1.86. The van der Waals surface area contributed by atoms with E-state index in [9.17, 15) is 4.39 Å². The predicted molar refractivity (Wildman–Crippen MR) is 79.4 cm³/mol. The molecule has 0 saturated carbocycles. The summed E-state index contributed by atoms with van der Waals surface area (Å²) in [4.78, 5) is 0. The van der Waals surface area contributed by atoms with Crippen LogP contribution in [0.4, 0.5) is 10.1 Å². The molecule has 0 radical (unpaired) electrons. The minimum Gasteiger partial charge on any atom is -0.362 e. The number of anilines is 1. The first-order valence-corrected chi connectivity index (χ1v) is 6.93. The molecular weight excluding hydrogens is 247 g/mol. The van der Waals surface area contributed by atoms with Gasteiger partial charge in [-0.05, 0) is 42.9 Å². The molecule has 0 aliphatic carbocycles. The molecule has 18 heavy (non-hydrogen) atoms. The molecule has 0 bridgehead atoms. The quantitative estimate of drug-likeness (QED) is 0.575.